The van der Waals surface area contributed by atoms with Crippen molar-refractivity contribution >= 4 is 29.2 Å². The van der Waals surface area contributed by atoms with Crippen molar-refractivity contribution in [1.29, 1.82) is 0 Å². The van der Waals surface area contributed by atoms with E-state index in [0.717, 1.165) is 0 Å². The predicted octanol–water partition coefficient (Wildman–Crippen LogP) is 3.69. The minimum Gasteiger partial charge on any atom is -0.490 e. The van der Waals surface area contributed by atoms with Crippen molar-refractivity contribution < 1.29 is 23.8 Å². The fraction of sp³-hybridized carbons (Fsp3) is 0.263. The van der Waals surface area contributed by atoms with E-state index in [9.17, 15) is 9.59 Å². The number of hydrogen-bond acceptors (Lipinski definition) is 5. The zero-order valence-electron chi connectivity index (χ0n) is 14.5. The van der Waals surface area contributed by atoms with Crippen LogP contribution in [-0.4, -0.2) is 31.2 Å². The van der Waals surface area contributed by atoms with Crippen molar-refractivity contribution in [2.24, 2.45) is 0 Å². The highest BCUT2D eigenvalue weighted by atomic mass is 35.5. The second kappa shape index (κ2) is 9.68. The fourth-order valence-corrected chi connectivity index (χ4v) is 2.25. The maximum atomic E-state index is 12.1. The average Bonchev–Trinajstić information content (AvgIpc) is 2.63. The Morgan fingerprint density at radius 2 is 1.65 bits per heavy atom. The van der Waals surface area contributed by atoms with Gasteiger partial charge in [0.1, 0.15) is 0 Å². The number of carbonyl (C=O) groups excluding carboxylic acids is 2. The summed E-state index contributed by atoms with van der Waals surface area (Å²) in [5.41, 5.74) is 0.448. The molecular weight excluding hydrogens is 358 g/mol. The highest BCUT2D eigenvalue weighted by molar-refractivity contribution is 6.33. The molecule has 0 aliphatic heterocycles. The molecule has 0 aromatic heterocycles. The Balaban J connectivity index is 1.85. The van der Waals surface area contributed by atoms with Gasteiger partial charge in [-0.1, -0.05) is 35.9 Å². The molecule has 26 heavy (non-hydrogen) atoms. The molecule has 1 amide bonds. The molecule has 0 spiro atoms. The Labute approximate surface area is 157 Å². The van der Waals surface area contributed by atoms with Gasteiger partial charge < -0.3 is 19.5 Å². The zero-order chi connectivity index (χ0) is 18.9. The quantitative estimate of drug-likeness (QED) is 0.710. The average molecular weight is 378 g/mol. The van der Waals surface area contributed by atoms with Crippen LogP contribution in [0.25, 0.3) is 0 Å². The predicted molar refractivity (Wildman–Crippen MR) is 98.7 cm³/mol. The first-order valence-electron chi connectivity index (χ1n) is 8.10. The van der Waals surface area contributed by atoms with Gasteiger partial charge in [-0.3, -0.25) is 4.79 Å². The van der Waals surface area contributed by atoms with Gasteiger partial charge in [0.25, 0.3) is 5.91 Å². The molecule has 0 saturated carbocycles. The van der Waals surface area contributed by atoms with Crippen LogP contribution in [0.15, 0.2) is 48.5 Å². The zero-order valence-corrected chi connectivity index (χ0v) is 15.3. The van der Waals surface area contributed by atoms with Crippen LogP contribution in [-0.2, 0) is 14.3 Å². The van der Waals surface area contributed by atoms with E-state index < -0.39 is 18.0 Å². The molecule has 138 valence electrons. The summed E-state index contributed by atoms with van der Waals surface area (Å²) in [4.78, 5) is 24.0. The van der Waals surface area contributed by atoms with Crippen molar-refractivity contribution in [1.82, 2.24) is 0 Å². The van der Waals surface area contributed by atoms with E-state index >= 15 is 0 Å². The van der Waals surface area contributed by atoms with Crippen molar-refractivity contribution in [3.8, 4) is 11.5 Å². The lowest BCUT2D eigenvalue weighted by molar-refractivity contribution is -0.155. The van der Waals surface area contributed by atoms with Gasteiger partial charge in [-0.2, -0.15) is 0 Å². The van der Waals surface area contributed by atoms with E-state index in [2.05, 4.69) is 5.32 Å². The number of anilines is 1. The van der Waals surface area contributed by atoms with Gasteiger partial charge in [-0.25, -0.2) is 4.79 Å². The van der Waals surface area contributed by atoms with E-state index in [1.54, 1.807) is 48.5 Å². The number of carbonyl (C=O) groups is 2. The molecular formula is C19H20ClNO5. The Morgan fingerprint density at radius 1 is 1.04 bits per heavy atom. The monoisotopic (exact) mass is 377 g/mol. The normalized spacial score (nSPS) is 11.3. The number of nitrogens with one attached hydrogen (secondary N) is 1. The van der Waals surface area contributed by atoms with E-state index in [1.807, 2.05) is 6.92 Å². The van der Waals surface area contributed by atoms with Gasteiger partial charge in [0, 0.05) is 0 Å². The Kier molecular flexibility index (Phi) is 7.29. The summed E-state index contributed by atoms with van der Waals surface area (Å²) in [5.74, 6) is -0.189. The molecule has 0 aliphatic rings. The highest BCUT2D eigenvalue weighted by Gasteiger charge is 2.19. The molecule has 1 N–H and O–H groups in total. The summed E-state index contributed by atoms with van der Waals surface area (Å²) in [6.07, 6.45) is -0.996. The molecule has 0 bridgehead atoms. The van der Waals surface area contributed by atoms with Crippen molar-refractivity contribution in [3.63, 3.8) is 0 Å². The van der Waals surface area contributed by atoms with Crippen LogP contribution in [0, 0.1) is 0 Å². The van der Waals surface area contributed by atoms with Gasteiger partial charge in [-0.15, -0.1) is 0 Å². The summed E-state index contributed by atoms with van der Waals surface area (Å²) in [7, 11) is 0. The number of hydrogen-bond donors (Lipinski definition) is 1. The van der Waals surface area contributed by atoms with Crippen molar-refractivity contribution in [3.05, 3.63) is 53.6 Å². The van der Waals surface area contributed by atoms with Crippen LogP contribution < -0.4 is 14.8 Å². The van der Waals surface area contributed by atoms with Crippen LogP contribution in [0.3, 0.4) is 0 Å². The number of amides is 1. The topological polar surface area (TPSA) is 73.9 Å². The summed E-state index contributed by atoms with van der Waals surface area (Å²) in [5, 5.41) is 3.00. The minimum absolute atomic E-state index is 0.339. The number of esters is 1. The molecule has 0 radical (unpaired) electrons. The maximum Gasteiger partial charge on any atom is 0.344 e. The van der Waals surface area contributed by atoms with E-state index in [0.29, 0.717) is 28.8 Å². The second-order valence-electron chi connectivity index (χ2n) is 5.27. The van der Waals surface area contributed by atoms with Gasteiger partial charge in [0.15, 0.2) is 24.2 Å². The summed E-state index contributed by atoms with van der Waals surface area (Å²) in [6, 6.07) is 13.8. The van der Waals surface area contributed by atoms with E-state index in [-0.39, 0.29) is 6.61 Å². The van der Waals surface area contributed by atoms with E-state index in [4.69, 9.17) is 25.8 Å². The lowest BCUT2D eigenvalue weighted by atomic mass is 10.3. The third-order valence-electron chi connectivity index (χ3n) is 3.30. The van der Waals surface area contributed by atoms with E-state index in [1.165, 1.54) is 6.92 Å². The minimum atomic E-state index is -0.996. The Hall–Kier alpha value is -2.73. The lowest BCUT2D eigenvalue weighted by Crippen LogP contribution is -2.31. The first-order chi connectivity index (χ1) is 12.5. The first kappa shape index (κ1) is 19.6. The number of halogens is 1. The molecule has 0 fully saturated rings. The Morgan fingerprint density at radius 3 is 2.31 bits per heavy atom. The third-order valence-corrected chi connectivity index (χ3v) is 3.63. The molecule has 2 aromatic carbocycles. The van der Waals surface area contributed by atoms with Crippen molar-refractivity contribution in [2.75, 3.05) is 18.5 Å². The second-order valence-corrected chi connectivity index (χ2v) is 5.68. The third kappa shape index (κ3) is 5.67. The van der Waals surface area contributed by atoms with Crippen LogP contribution in [0.4, 0.5) is 5.69 Å². The number of para-hydroxylation sites is 3. The largest absolute Gasteiger partial charge is 0.490 e. The lowest BCUT2D eigenvalue weighted by Gasteiger charge is -2.15. The summed E-state index contributed by atoms with van der Waals surface area (Å²) >= 11 is 5.98. The number of ether oxygens (including phenoxy) is 3. The van der Waals surface area contributed by atoms with Gasteiger partial charge >= 0.3 is 5.97 Å². The van der Waals surface area contributed by atoms with Crippen LogP contribution in [0.1, 0.15) is 13.8 Å². The van der Waals surface area contributed by atoms with Gasteiger partial charge in [0.2, 0.25) is 0 Å². The molecule has 0 aliphatic carbocycles. The smallest absolute Gasteiger partial charge is 0.344 e. The van der Waals surface area contributed by atoms with Gasteiger partial charge in [-0.05, 0) is 38.1 Å². The molecule has 2 aromatic rings. The SMILES string of the molecule is CCOc1ccccc1OCC(=O)O[C@H](C)C(=O)Nc1ccccc1Cl. The van der Waals surface area contributed by atoms with Crippen LogP contribution >= 0.6 is 11.6 Å². The maximum absolute atomic E-state index is 12.1. The molecule has 0 saturated heterocycles. The molecule has 6 nitrogen and oxygen atoms in total. The van der Waals surface area contributed by atoms with Crippen LogP contribution in [0.5, 0.6) is 11.5 Å². The van der Waals surface area contributed by atoms with Crippen molar-refractivity contribution in [2.45, 2.75) is 20.0 Å². The standard InChI is InChI=1S/C19H20ClNO5/c1-3-24-16-10-6-7-11-17(16)25-12-18(22)26-13(2)19(23)21-15-9-5-4-8-14(15)20/h4-11,13H,3,12H2,1-2H3,(H,21,23)/t13-/m1/s1. The number of rotatable bonds is 8. The molecule has 7 heteroatoms. The highest BCUT2D eigenvalue weighted by Crippen LogP contribution is 2.26. The summed E-state index contributed by atoms with van der Waals surface area (Å²) < 4.78 is 15.9. The van der Waals surface area contributed by atoms with Crippen LogP contribution in [0.2, 0.25) is 5.02 Å². The number of benzene rings is 2. The first-order valence-corrected chi connectivity index (χ1v) is 8.48. The molecule has 1 atom stereocenters. The fourth-order valence-electron chi connectivity index (χ4n) is 2.06. The van der Waals surface area contributed by atoms with Gasteiger partial charge in [0.05, 0.1) is 17.3 Å². The molecule has 2 rings (SSSR count). The Bertz CT molecular complexity index is 765. The molecule has 0 unspecified atom stereocenters. The molecule has 0 heterocycles. The summed E-state index contributed by atoms with van der Waals surface area (Å²) in [6.45, 7) is 3.46.